The average molecular weight is 260 g/mol. The zero-order valence-electron chi connectivity index (χ0n) is 11.4. The molecule has 0 amide bonds. The minimum Gasteiger partial charge on any atom is -0.467 e. The van der Waals surface area contributed by atoms with Gasteiger partial charge in [0.1, 0.15) is 7.28 Å². The first-order valence-electron chi connectivity index (χ1n) is 6.63. The van der Waals surface area contributed by atoms with E-state index in [-0.39, 0.29) is 12.0 Å². The standard InChI is InChI=1S/C14H19BNO3/c1-15-9-8-12-10-13(14(17)18-2)19-16(12)11-6-4-3-5-7-11/h3-7,12-13H,8-10H2,1-2H3. The molecule has 1 aliphatic heterocycles. The summed E-state index contributed by atoms with van der Waals surface area (Å²) in [5.41, 5.74) is 0.981. The Morgan fingerprint density at radius 3 is 2.84 bits per heavy atom. The van der Waals surface area contributed by atoms with Gasteiger partial charge in [0.25, 0.3) is 0 Å². The van der Waals surface area contributed by atoms with Crippen molar-refractivity contribution in [1.29, 1.82) is 0 Å². The summed E-state index contributed by atoms with van der Waals surface area (Å²) in [6.07, 6.45) is 2.16. The monoisotopic (exact) mass is 260 g/mol. The second-order valence-electron chi connectivity index (χ2n) is 4.65. The molecular formula is C14H19BNO3. The van der Waals surface area contributed by atoms with Crippen LogP contribution in [0, 0.1) is 0 Å². The quantitative estimate of drug-likeness (QED) is 0.601. The topological polar surface area (TPSA) is 38.8 Å². The number of hydrogen-bond donors (Lipinski definition) is 0. The molecule has 1 heterocycles. The molecule has 1 saturated heterocycles. The fourth-order valence-electron chi connectivity index (χ4n) is 2.32. The molecule has 0 saturated carbocycles. The highest BCUT2D eigenvalue weighted by Gasteiger charge is 2.38. The van der Waals surface area contributed by atoms with Crippen LogP contribution in [0.5, 0.6) is 0 Å². The zero-order chi connectivity index (χ0) is 13.7. The van der Waals surface area contributed by atoms with E-state index in [1.807, 2.05) is 42.2 Å². The molecule has 0 bridgehead atoms. The Bertz CT molecular complexity index is 412. The van der Waals surface area contributed by atoms with Crippen LogP contribution in [0.25, 0.3) is 0 Å². The molecule has 4 nitrogen and oxygen atoms in total. The van der Waals surface area contributed by atoms with Crippen LogP contribution < -0.4 is 5.06 Å². The van der Waals surface area contributed by atoms with Gasteiger partial charge in [-0.15, -0.1) is 0 Å². The van der Waals surface area contributed by atoms with E-state index in [2.05, 4.69) is 7.28 Å². The summed E-state index contributed by atoms with van der Waals surface area (Å²) in [6.45, 7) is 2.04. The molecule has 1 radical (unpaired) electrons. The van der Waals surface area contributed by atoms with Crippen molar-refractivity contribution in [3.63, 3.8) is 0 Å². The third kappa shape index (κ3) is 3.29. The van der Waals surface area contributed by atoms with Gasteiger partial charge in [0, 0.05) is 6.42 Å². The summed E-state index contributed by atoms with van der Waals surface area (Å²) in [5, 5.41) is 1.85. The second kappa shape index (κ2) is 6.61. The molecule has 1 fully saturated rings. The number of para-hydroxylation sites is 1. The highest BCUT2D eigenvalue weighted by molar-refractivity contribution is 6.33. The molecule has 19 heavy (non-hydrogen) atoms. The Morgan fingerprint density at radius 2 is 2.21 bits per heavy atom. The largest absolute Gasteiger partial charge is 0.467 e. The van der Waals surface area contributed by atoms with Crippen LogP contribution in [0.2, 0.25) is 13.1 Å². The van der Waals surface area contributed by atoms with Crippen molar-refractivity contribution in [1.82, 2.24) is 0 Å². The molecule has 0 N–H and O–H groups in total. The first kappa shape index (κ1) is 13.9. The average Bonchev–Trinajstić information content (AvgIpc) is 2.89. The van der Waals surface area contributed by atoms with E-state index >= 15 is 0 Å². The summed E-state index contributed by atoms with van der Waals surface area (Å²) in [7, 11) is 3.53. The van der Waals surface area contributed by atoms with Gasteiger partial charge in [0.15, 0.2) is 6.10 Å². The Morgan fingerprint density at radius 1 is 1.47 bits per heavy atom. The number of ether oxygens (including phenoxy) is 1. The lowest BCUT2D eigenvalue weighted by Gasteiger charge is -2.24. The number of carbonyl (C=O) groups excluding carboxylic acids is 1. The Kier molecular flexibility index (Phi) is 4.85. The van der Waals surface area contributed by atoms with Crippen LogP contribution in [0.3, 0.4) is 0 Å². The summed E-state index contributed by atoms with van der Waals surface area (Å²) in [4.78, 5) is 17.4. The van der Waals surface area contributed by atoms with E-state index in [1.165, 1.54) is 7.11 Å². The van der Waals surface area contributed by atoms with Gasteiger partial charge in [0.2, 0.25) is 0 Å². The van der Waals surface area contributed by atoms with Crippen molar-refractivity contribution >= 4 is 18.9 Å². The van der Waals surface area contributed by atoms with Gasteiger partial charge in [-0.05, 0) is 18.6 Å². The van der Waals surface area contributed by atoms with Crippen LogP contribution in [-0.4, -0.2) is 32.5 Å². The number of esters is 1. The van der Waals surface area contributed by atoms with Gasteiger partial charge in [-0.2, -0.15) is 0 Å². The summed E-state index contributed by atoms with van der Waals surface area (Å²) < 4.78 is 4.77. The molecule has 5 heteroatoms. The minimum atomic E-state index is -0.493. The molecule has 2 rings (SSSR count). The first-order chi connectivity index (χ1) is 9.26. The molecule has 0 aliphatic carbocycles. The number of methoxy groups -OCH3 is 1. The molecule has 1 aliphatic rings. The van der Waals surface area contributed by atoms with Gasteiger partial charge in [0.05, 0.1) is 18.8 Å². The van der Waals surface area contributed by atoms with Crippen molar-refractivity contribution in [2.75, 3.05) is 12.2 Å². The van der Waals surface area contributed by atoms with Crippen molar-refractivity contribution in [3.8, 4) is 0 Å². The number of hydroxylamine groups is 1. The highest BCUT2D eigenvalue weighted by Crippen LogP contribution is 2.30. The third-order valence-electron chi connectivity index (χ3n) is 3.32. The van der Waals surface area contributed by atoms with Crippen molar-refractivity contribution in [2.45, 2.75) is 38.1 Å². The number of nitrogens with zero attached hydrogens (tertiary/aromatic N) is 1. The predicted molar refractivity (Wildman–Crippen MR) is 75.3 cm³/mol. The van der Waals surface area contributed by atoms with E-state index < -0.39 is 6.10 Å². The molecule has 1 aromatic rings. The molecule has 0 aromatic heterocycles. The maximum absolute atomic E-state index is 11.6. The van der Waals surface area contributed by atoms with Crippen LogP contribution in [-0.2, 0) is 14.4 Å². The number of benzene rings is 1. The lowest BCUT2D eigenvalue weighted by Crippen LogP contribution is -2.28. The lowest BCUT2D eigenvalue weighted by molar-refractivity contribution is -0.151. The number of anilines is 1. The molecule has 1 aromatic carbocycles. The summed E-state index contributed by atoms with van der Waals surface area (Å²) in [6, 6.07) is 10.1. The number of rotatable bonds is 5. The SMILES string of the molecule is C[B]CCC1CC(C(=O)OC)ON1c1ccccc1. The maximum atomic E-state index is 11.6. The van der Waals surface area contributed by atoms with E-state index in [9.17, 15) is 4.79 Å². The minimum absolute atomic E-state index is 0.211. The van der Waals surface area contributed by atoms with Gasteiger partial charge >= 0.3 is 5.97 Å². The second-order valence-corrected chi connectivity index (χ2v) is 4.65. The lowest BCUT2D eigenvalue weighted by atomic mass is 9.75. The molecule has 0 spiro atoms. The van der Waals surface area contributed by atoms with E-state index in [0.29, 0.717) is 6.42 Å². The smallest absolute Gasteiger partial charge is 0.337 e. The Balaban J connectivity index is 2.11. The highest BCUT2D eigenvalue weighted by atomic mass is 16.7. The first-order valence-corrected chi connectivity index (χ1v) is 6.63. The zero-order valence-corrected chi connectivity index (χ0v) is 11.4. The van der Waals surface area contributed by atoms with Gasteiger partial charge < -0.3 is 4.74 Å². The maximum Gasteiger partial charge on any atom is 0.337 e. The Labute approximate surface area is 114 Å². The van der Waals surface area contributed by atoms with Crippen molar-refractivity contribution < 1.29 is 14.4 Å². The van der Waals surface area contributed by atoms with Crippen molar-refractivity contribution in [3.05, 3.63) is 30.3 Å². The number of carbonyl (C=O) groups is 1. The van der Waals surface area contributed by atoms with E-state index in [1.54, 1.807) is 0 Å². The van der Waals surface area contributed by atoms with Crippen LogP contribution >= 0.6 is 0 Å². The summed E-state index contributed by atoms with van der Waals surface area (Å²) in [5.74, 6) is -0.302. The normalized spacial score (nSPS) is 22.3. The van der Waals surface area contributed by atoms with Gasteiger partial charge in [-0.3, -0.25) is 9.90 Å². The summed E-state index contributed by atoms with van der Waals surface area (Å²) >= 11 is 0. The fourth-order valence-corrected chi connectivity index (χ4v) is 2.32. The molecule has 101 valence electrons. The number of hydrogen-bond acceptors (Lipinski definition) is 4. The fraction of sp³-hybridized carbons (Fsp3) is 0.500. The van der Waals surface area contributed by atoms with E-state index in [4.69, 9.17) is 9.57 Å². The van der Waals surface area contributed by atoms with Gasteiger partial charge in [-0.1, -0.05) is 31.3 Å². The van der Waals surface area contributed by atoms with E-state index in [0.717, 1.165) is 18.4 Å². The molecule has 2 atom stereocenters. The predicted octanol–water partition coefficient (Wildman–Crippen LogP) is 2.30. The molecule has 2 unspecified atom stereocenters. The van der Waals surface area contributed by atoms with Crippen LogP contribution in [0.1, 0.15) is 12.8 Å². The van der Waals surface area contributed by atoms with Crippen LogP contribution in [0.15, 0.2) is 30.3 Å². The Hall–Kier alpha value is -1.49. The van der Waals surface area contributed by atoms with Crippen LogP contribution in [0.4, 0.5) is 5.69 Å². The molecular weight excluding hydrogens is 241 g/mol. The van der Waals surface area contributed by atoms with Crippen molar-refractivity contribution in [2.24, 2.45) is 0 Å². The third-order valence-corrected chi connectivity index (χ3v) is 3.32. The van der Waals surface area contributed by atoms with Gasteiger partial charge in [-0.25, -0.2) is 4.79 Å².